The number of methoxy groups -OCH3 is 1. The molecule has 7 nitrogen and oxygen atoms in total. The molecule has 2 aromatic carbocycles. The van der Waals surface area contributed by atoms with Crippen LogP contribution < -0.4 is 20.1 Å². The molecular formula is C22H29N3O4. The fourth-order valence-corrected chi connectivity index (χ4v) is 3.09. The number of carbonyl (C=O) groups excluding carboxylic acids is 2. The highest BCUT2D eigenvalue weighted by Gasteiger charge is 2.26. The average Bonchev–Trinajstić information content (AvgIpc) is 2.70. The van der Waals surface area contributed by atoms with E-state index in [4.69, 9.17) is 9.47 Å². The third kappa shape index (κ3) is 6.22. The number of benzene rings is 2. The van der Waals surface area contributed by atoms with E-state index in [0.717, 1.165) is 11.1 Å². The Morgan fingerprint density at radius 1 is 1.07 bits per heavy atom. The Hall–Kier alpha value is -3.06. The van der Waals surface area contributed by atoms with Crippen LogP contribution in [0.1, 0.15) is 31.0 Å². The predicted octanol–water partition coefficient (Wildman–Crippen LogP) is 3.11. The Balaban J connectivity index is 2.24. The Morgan fingerprint density at radius 3 is 2.41 bits per heavy atom. The predicted molar refractivity (Wildman–Crippen MR) is 112 cm³/mol. The topological polar surface area (TPSA) is 79.9 Å². The van der Waals surface area contributed by atoms with Gasteiger partial charge < -0.3 is 14.8 Å². The Kier molecular flexibility index (Phi) is 8.48. The van der Waals surface area contributed by atoms with E-state index in [9.17, 15) is 9.59 Å². The first-order valence-electron chi connectivity index (χ1n) is 9.63. The lowest BCUT2D eigenvalue weighted by molar-refractivity contribution is -0.125. The number of imide groups is 1. The van der Waals surface area contributed by atoms with Gasteiger partial charge in [-0.2, -0.15) is 0 Å². The fourth-order valence-electron chi connectivity index (χ4n) is 3.09. The van der Waals surface area contributed by atoms with Crippen LogP contribution in [0.5, 0.6) is 11.5 Å². The van der Waals surface area contributed by atoms with Gasteiger partial charge in [-0.1, -0.05) is 36.4 Å². The Morgan fingerprint density at radius 2 is 1.79 bits per heavy atom. The van der Waals surface area contributed by atoms with Gasteiger partial charge in [0.05, 0.1) is 13.7 Å². The first-order chi connectivity index (χ1) is 14.0. The number of carbonyl (C=O) groups is 2. The van der Waals surface area contributed by atoms with Gasteiger partial charge >= 0.3 is 6.03 Å². The molecule has 3 amide bonds. The van der Waals surface area contributed by atoms with Crippen molar-refractivity contribution in [3.05, 3.63) is 59.7 Å². The number of hydrogen-bond acceptors (Lipinski definition) is 5. The van der Waals surface area contributed by atoms with Crippen LogP contribution in [0.15, 0.2) is 48.5 Å². The lowest BCUT2D eigenvalue weighted by Gasteiger charge is -2.27. The smallest absolute Gasteiger partial charge is 0.321 e. The summed E-state index contributed by atoms with van der Waals surface area (Å²) in [4.78, 5) is 26.6. The molecule has 0 saturated carbocycles. The van der Waals surface area contributed by atoms with E-state index < -0.39 is 12.1 Å². The maximum atomic E-state index is 12.9. The van der Waals surface area contributed by atoms with Crippen LogP contribution in [0, 0.1) is 0 Å². The van der Waals surface area contributed by atoms with Crippen molar-refractivity contribution in [2.75, 3.05) is 27.3 Å². The zero-order chi connectivity index (χ0) is 21.2. The van der Waals surface area contributed by atoms with Crippen molar-refractivity contribution >= 4 is 11.9 Å². The molecule has 0 aromatic heterocycles. The lowest BCUT2D eigenvalue weighted by Crippen LogP contribution is -2.45. The highest BCUT2D eigenvalue weighted by atomic mass is 16.5. The highest BCUT2D eigenvalue weighted by molar-refractivity contribution is 5.97. The minimum Gasteiger partial charge on any atom is -0.493 e. The van der Waals surface area contributed by atoms with Crippen LogP contribution in [-0.2, 0) is 11.3 Å². The second kappa shape index (κ2) is 11.1. The number of rotatable bonds is 9. The van der Waals surface area contributed by atoms with Gasteiger partial charge in [-0.15, -0.1) is 0 Å². The number of nitrogens with one attached hydrogen (secondary N) is 2. The maximum Gasteiger partial charge on any atom is 0.321 e. The maximum absolute atomic E-state index is 12.9. The van der Waals surface area contributed by atoms with Crippen LogP contribution in [-0.4, -0.2) is 44.1 Å². The molecule has 2 N–H and O–H groups in total. The van der Waals surface area contributed by atoms with Crippen molar-refractivity contribution in [3.8, 4) is 11.5 Å². The number of likely N-dealkylation sites (N-methyl/N-ethyl adjacent to an activating group) is 1. The van der Waals surface area contributed by atoms with Crippen LogP contribution >= 0.6 is 0 Å². The summed E-state index contributed by atoms with van der Waals surface area (Å²) in [6.07, 6.45) is 0. The van der Waals surface area contributed by atoms with E-state index in [1.165, 1.54) is 0 Å². The quantitative estimate of drug-likeness (QED) is 0.677. The number of nitrogens with zero attached hydrogens (tertiary/aromatic N) is 1. The average molecular weight is 399 g/mol. The van der Waals surface area contributed by atoms with Crippen molar-refractivity contribution < 1.29 is 19.1 Å². The van der Waals surface area contributed by atoms with Crippen molar-refractivity contribution in [1.82, 2.24) is 15.5 Å². The monoisotopic (exact) mass is 399 g/mol. The van der Waals surface area contributed by atoms with Crippen LogP contribution in [0.3, 0.4) is 0 Å². The zero-order valence-electron chi connectivity index (χ0n) is 17.4. The molecule has 0 heterocycles. The molecule has 7 heteroatoms. The Bertz CT molecular complexity index is 811. The zero-order valence-corrected chi connectivity index (χ0v) is 17.4. The summed E-state index contributed by atoms with van der Waals surface area (Å²) >= 11 is 0. The molecule has 0 aliphatic carbocycles. The van der Waals surface area contributed by atoms with E-state index in [-0.39, 0.29) is 5.91 Å². The molecule has 1 atom stereocenters. The van der Waals surface area contributed by atoms with Gasteiger partial charge in [-0.05, 0) is 44.2 Å². The second-order valence-electron chi connectivity index (χ2n) is 6.50. The van der Waals surface area contributed by atoms with Gasteiger partial charge in [0.15, 0.2) is 11.5 Å². The molecule has 0 radical (unpaired) electrons. The molecule has 0 spiro atoms. The Labute approximate surface area is 172 Å². The first-order valence-corrected chi connectivity index (χ1v) is 9.63. The number of amides is 3. The number of hydrogen-bond donors (Lipinski definition) is 2. The minimum atomic E-state index is -0.628. The van der Waals surface area contributed by atoms with Crippen molar-refractivity contribution in [2.45, 2.75) is 26.4 Å². The van der Waals surface area contributed by atoms with Crippen LogP contribution in [0.2, 0.25) is 0 Å². The molecule has 0 fully saturated rings. The number of urea groups is 1. The molecule has 2 rings (SSSR count). The minimum absolute atomic E-state index is 0.387. The number of ether oxygens (including phenoxy) is 2. The van der Waals surface area contributed by atoms with Gasteiger partial charge in [0.1, 0.15) is 6.04 Å². The molecule has 29 heavy (non-hydrogen) atoms. The molecule has 0 aliphatic rings. The van der Waals surface area contributed by atoms with Gasteiger partial charge in [0.2, 0.25) is 5.91 Å². The molecular weight excluding hydrogens is 370 g/mol. The molecule has 156 valence electrons. The third-order valence-electron chi connectivity index (χ3n) is 4.34. The van der Waals surface area contributed by atoms with Gasteiger partial charge in [-0.25, -0.2) is 4.79 Å². The molecule has 0 bridgehead atoms. The van der Waals surface area contributed by atoms with E-state index in [2.05, 4.69) is 10.6 Å². The summed E-state index contributed by atoms with van der Waals surface area (Å²) in [6.45, 7) is 5.18. The van der Waals surface area contributed by atoms with Gasteiger partial charge in [-0.3, -0.25) is 15.0 Å². The first kappa shape index (κ1) is 22.2. The van der Waals surface area contributed by atoms with Crippen molar-refractivity contribution in [1.29, 1.82) is 0 Å². The van der Waals surface area contributed by atoms with Crippen molar-refractivity contribution in [2.24, 2.45) is 0 Å². The van der Waals surface area contributed by atoms with Crippen LogP contribution in [0.4, 0.5) is 4.79 Å². The SMILES string of the molecule is CCNC(=O)NC(=O)[C@H](c1ccccc1)N(C)Cc1ccc(OCC)c(OC)c1. The summed E-state index contributed by atoms with van der Waals surface area (Å²) in [5.41, 5.74) is 1.76. The third-order valence-corrected chi connectivity index (χ3v) is 4.34. The lowest BCUT2D eigenvalue weighted by atomic mass is 10.0. The fraction of sp³-hybridized carbons (Fsp3) is 0.364. The van der Waals surface area contributed by atoms with E-state index in [1.807, 2.05) is 67.4 Å². The summed E-state index contributed by atoms with van der Waals surface area (Å²) < 4.78 is 11.0. The highest BCUT2D eigenvalue weighted by Crippen LogP contribution is 2.29. The van der Waals surface area contributed by atoms with Crippen molar-refractivity contribution in [3.63, 3.8) is 0 Å². The summed E-state index contributed by atoms with van der Waals surface area (Å²) in [6, 6.07) is 13.9. The second-order valence-corrected chi connectivity index (χ2v) is 6.50. The summed E-state index contributed by atoms with van der Waals surface area (Å²) in [7, 11) is 3.44. The van der Waals surface area contributed by atoms with Crippen LogP contribution in [0.25, 0.3) is 0 Å². The molecule has 0 saturated heterocycles. The summed E-state index contributed by atoms with van der Waals surface area (Å²) in [5, 5.41) is 5.00. The van der Waals surface area contributed by atoms with E-state index >= 15 is 0 Å². The molecule has 0 aliphatic heterocycles. The van der Waals surface area contributed by atoms with E-state index in [1.54, 1.807) is 14.0 Å². The van der Waals surface area contributed by atoms with E-state index in [0.29, 0.717) is 31.2 Å². The standard InChI is InChI=1S/C22H29N3O4/c1-5-23-22(27)24-21(26)20(17-10-8-7-9-11-17)25(3)15-16-12-13-18(29-6-2)19(14-16)28-4/h7-14,20H,5-6,15H2,1-4H3,(H2,23,24,26,27)/t20-/m0/s1. The van der Waals surface area contributed by atoms with Gasteiger partial charge in [0, 0.05) is 13.1 Å². The largest absolute Gasteiger partial charge is 0.493 e. The van der Waals surface area contributed by atoms with Gasteiger partial charge in [0.25, 0.3) is 0 Å². The normalized spacial score (nSPS) is 11.6. The summed E-state index contributed by atoms with van der Waals surface area (Å²) in [5.74, 6) is 0.929. The molecule has 2 aromatic rings. The molecule has 0 unspecified atom stereocenters.